The predicted molar refractivity (Wildman–Crippen MR) is 110 cm³/mol. The minimum absolute atomic E-state index is 0.241. The first-order chi connectivity index (χ1) is 13.7. The maximum atomic E-state index is 12.6. The molecular weight excluding hydrogens is 352 g/mol. The van der Waals surface area contributed by atoms with Crippen molar-refractivity contribution < 1.29 is 9.53 Å². The van der Waals surface area contributed by atoms with Gasteiger partial charge in [0.1, 0.15) is 11.6 Å². The van der Waals surface area contributed by atoms with Crippen LogP contribution in [-0.2, 0) is 0 Å². The molecule has 0 aliphatic rings. The molecule has 2 aromatic heterocycles. The van der Waals surface area contributed by atoms with Crippen LogP contribution in [0.5, 0.6) is 5.75 Å². The van der Waals surface area contributed by atoms with E-state index in [9.17, 15) is 4.79 Å². The van der Waals surface area contributed by atoms with Gasteiger partial charge in [0, 0.05) is 17.8 Å². The number of methoxy groups -OCH3 is 1. The number of hydrogen-bond acceptors (Lipinski definition) is 5. The summed E-state index contributed by atoms with van der Waals surface area (Å²) in [5.41, 5.74) is 2.68. The number of nitrogens with zero attached hydrogens (tertiary/aromatic N) is 2. The number of para-hydroxylation sites is 3. The number of carbonyl (C=O) groups is 1. The van der Waals surface area contributed by atoms with Gasteiger partial charge in [-0.2, -0.15) is 0 Å². The van der Waals surface area contributed by atoms with Crippen LogP contribution in [0, 0.1) is 0 Å². The van der Waals surface area contributed by atoms with Crippen molar-refractivity contribution in [2.45, 2.75) is 0 Å². The van der Waals surface area contributed by atoms with Crippen LogP contribution in [0.3, 0.4) is 0 Å². The summed E-state index contributed by atoms with van der Waals surface area (Å²) in [6.45, 7) is 0. The third-order valence-electron chi connectivity index (χ3n) is 4.28. The molecule has 28 heavy (non-hydrogen) atoms. The lowest BCUT2D eigenvalue weighted by atomic mass is 10.2. The molecule has 0 radical (unpaired) electrons. The van der Waals surface area contributed by atoms with Crippen molar-refractivity contribution >= 4 is 34.0 Å². The van der Waals surface area contributed by atoms with E-state index in [2.05, 4.69) is 20.6 Å². The molecule has 0 atom stereocenters. The van der Waals surface area contributed by atoms with Gasteiger partial charge in [-0.1, -0.05) is 30.3 Å². The van der Waals surface area contributed by atoms with Gasteiger partial charge < -0.3 is 15.4 Å². The highest BCUT2D eigenvalue weighted by Crippen LogP contribution is 2.26. The van der Waals surface area contributed by atoms with E-state index >= 15 is 0 Å². The number of amides is 1. The average molecular weight is 370 g/mol. The van der Waals surface area contributed by atoms with E-state index in [-0.39, 0.29) is 5.91 Å². The van der Waals surface area contributed by atoms with Gasteiger partial charge in [0.05, 0.1) is 29.6 Å². The second kappa shape index (κ2) is 7.75. The van der Waals surface area contributed by atoms with Gasteiger partial charge in [0.25, 0.3) is 5.91 Å². The highest BCUT2D eigenvalue weighted by Gasteiger charge is 2.10. The zero-order valence-corrected chi connectivity index (χ0v) is 15.2. The molecule has 4 rings (SSSR count). The molecule has 0 aliphatic heterocycles. The van der Waals surface area contributed by atoms with Gasteiger partial charge in [0.15, 0.2) is 0 Å². The Bertz CT molecular complexity index is 1120. The maximum absolute atomic E-state index is 12.6. The first kappa shape index (κ1) is 17.5. The Balaban J connectivity index is 1.51. The second-order valence-electron chi connectivity index (χ2n) is 6.09. The summed E-state index contributed by atoms with van der Waals surface area (Å²) in [6.07, 6.45) is 3.24. The topological polar surface area (TPSA) is 76.1 Å². The largest absolute Gasteiger partial charge is 0.495 e. The minimum Gasteiger partial charge on any atom is -0.495 e. The first-order valence-corrected chi connectivity index (χ1v) is 8.76. The summed E-state index contributed by atoms with van der Waals surface area (Å²) in [6, 6.07) is 20.5. The van der Waals surface area contributed by atoms with E-state index in [4.69, 9.17) is 4.74 Å². The van der Waals surface area contributed by atoms with Crippen molar-refractivity contribution in [3.8, 4) is 5.75 Å². The monoisotopic (exact) mass is 370 g/mol. The number of anilines is 3. The summed E-state index contributed by atoms with van der Waals surface area (Å²) in [4.78, 5) is 21.3. The molecule has 0 aliphatic carbocycles. The number of rotatable bonds is 5. The lowest BCUT2D eigenvalue weighted by molar-refractivity contribution is 0.102. The zero-order chi connectivity index (χ0) is 19.3. The van der Waals surface area contributed by atoms with E-state index in [0.29, 0.717) is 17.1 Å². The van der Waals surface area contributed by atoms with Crippen LogP contribution in [0.2, 0.25) is 0 Å². The van der Waals surface area contributed by atoms with E-state index in [0.717, 1.165) is 22.3 Å². The van der Waals surface area contributed by atoms with Gasteiger partial charge in [-0.05, 0) is 36.4 Å². The average Bonchev–Trinajstić information content (AvgIpc) is 2.75. The number of fused-ring (bicyclic) bond motifs is 1. The Morgan fingerprint density at radius 3 is 2.54 bits per heavy atom. The molecule has 2 heterocycles. The standard InChI is InChI=1S/C22H18N4O2/c1-28-19-10-3-2-8-17(19)25-20-12-11-16(14-24-20)22(27)26-18-9-4-6-15-7-5-13-23-21(15)18/h2-14H,1H3,(H,24,25)(H,26,27). The number of nitrogens with one attached hydrogen (secondary N) is 2. The smallest absolute Gasteiger partial charge is 0.257 e. The molecule has 1 amide bonds. The molecule has 138 valence electrons. The Kier molecular flexibility index (Phi) is 4.84. The molecule has 0 saturated heterocycles. The summed E-state index contributed by atoms with van der Waals surface area (Å²) >= 11 is 0. The van der Waals surface area contributed by atoms with E-state index in [1.54, 1.807) is 25.4 Å². The molecule has 2 N–H and O–H groups in total. The normalized spacial score (nSPS) is 10.5. The van der Waals surface area contributed by atoms with Crippen LogP contribution < -0.4 is 15.4 Å². The Labute approximate surface area is 162 Å². The van der Waals surface area contributed by atoms with Gasteiger partial charge in [-0.25, -0.2) is 4.98 Å². The summed E-state index contributed by atoms with van der Waals surface area (Å²) in [5.74, 6) is 1.09. The van der Waals surface area contributed by atoms with Gasteiger partial charge in [-0.15, -0.1) is 0 Å². The summed E-state index contributed by atoms with van der Waals surface area (Å²) in [7, 11) is 1.61. The minimum atomic E-state index is -0.241. The zero-order valence-electron chi connectivity index (χ0n) is 15.2. The number of hydrogen-bond donors (Lipinski definition) is 2. The Morgan fingerprint density at radius 1 is 0.893 bits per heavy atom. The fraction of sp³-hybridized carbons (Fsp3) is 0.0455. The molecule has 4 aromatic rings. The molecule has 0 unspecified atom stereocenters. The second-order valence-corrected chi connectivity index (χ2v) is 6.09. The number of benzene rings is 2. The maximum Gasteiger partial charge on any atom is 0.257 e. The molecule has 0 fully saturated rings. The van der Waals surface area contributed by atoms with Gasteiger partial charge >= 0.3 is 0 Å². The van der Waals surface area contributed by atoms with Gasteiger partial charge in [-0.3, -0.25) is 9.78 Å². The van der Waals surface area contributed by atoms with Crippen molar-refractivity contribution in [2.24, 2.45) is 0 Å². The molecule has 2 aromatic carbocycles. The van der Waals surface area contributed by atoms with Crippen molar-refractivity contribution in [1.29, 1.82) is 0 Å². The number of pyridine rings is 2. The van der Waals surface area contributed by atoms with Crippen LogP contribution >= 0.6 is 0 Å². The van der Waals surface area contributed by atoms with Crippen LogP contribution in [0.1, 0.15) is 10.4 Å². The molecular formula is C22H18N4O2. The Hall–Kier alpha value is -3.93. The van der Waals surface area contributed by atoms with Gasteiger partial charge in [0.2, 0.25) is 0 Å². The molecule has 6 nitrogen and oxygen atoms in total. The highest BCUT2D eigenvalue weighted by molar-refractivity contribution is 6.08. The molecule has 6 heteroatoms. The fourth-order valence-corrected chi connectivity index (χ4v) is 2.89. The van der Waals surface area contributed by atoms with Crippen LogP contribution in [0.15, 0.2) is 79.1 Å². The quantitative estimate of drug-likeness (QED) is 0.535. The number of carbonyl (C=O) groups excluding carboxylic acids is 1. The first-order valence-electron chi connectivity index (χ1n) is 8.76. The lowest BCUT2D eigenvalue weighted by Crippen LogP contribution is -2.13. The van der Waals surface area contributed by atoms with Crippen LogP contribution in [0.4, 0.5) is 17.2 Å². The van der Waals surface area contributed by atoms with Crippen molar-refractivity contribution in [1.82, 2.24) is 9.97 Å². The Morgan fingerprint density at radius 2 is 1.71 bits per heavy atom. The van der Waals surface area contributed by atoms with E-state index in [1.807, 2.05) is 54.6 Å². The van der Waals surface area contributed by atoms with E-state index < -0.39 is 0 Å². The molecule has 0 spiro atoms. The van der Waals surface area contributed by atoms with Crippen molar-refractivity contribution in [3.05, 3.63) is 84.7 Å². The SMILES string of the molecule is COc1ccccc1Nc1ccc(C(=O)Nc2cccc3cccnc23)cn1. The third-order valence-corrected chi connectivity index (χ3v) is 4.28. The lowest BCUT2D eigenvalue weighted by Gasteiger charge is -2.11. The molecule has 0 bridgehead atoms. The fourth-order valence-electron chi connectivity index (χ4n) is 2.89. The molecule has 0 saturated carbocycles. The van der Waals surface area contributed by atoms with Crippen molar-refractivity contribution in [3.63, 3.8) is 0 Å². The third kappa shape index (κ3) is 3.61. The van der Waals surface area contributed by atoms with E-state index in [1.165, 1.54) is 6.20 Å². The van der Waals surface area contributed by atoms with Crippen LogP contribution in [0.25, 0.3) is 10.9 Å². The van der Waals surface area contributed by atoms with Crippen molar-refractivity contribution in [2.75, 3.05) is 17.7 Å². The predicted octanol–water partition coefficient (Wildman–Crippen LogP) is 4.63. The van der Waals surface area contributed by atoms with Crippen LogP contribution in [-0.4, -0.2) is 23.0 Å². The number of aromatic nitrogens is 2. The summed E-state index contributed by atoms with van der Waals surface area (Å²) in [5, 5.41) is 7.06. The highest BCUT2D eigenvalue weighted by atomic mass is 16.5. The number of ether oxygens (including phenoxy) is 1. The summed E-state index contributed by atoms with van der Waals surface area (Å²) < 4.78 is 5.32.